The van der Waals surface area contributed by atoms with Gasteiger partial charge in [0.1, 0.15) is 0 Å². The molecule has 1 heterocycles. The highest BCUT2D eigenvalue weighted by molar-refractivity contribution is 8.11. The number of thioether (sulfide) groups is 1. The van der Waals surface area contributed by atoms with E-state index < -0.39 is 10.8 Å². The van der Waals surface area contributed by atoms with Gasteiger partial charge in [0.05, 0.1) is 4.58 Å². The lowest BCUT2D eigenvalue weighted by molar-refractivity contribution is 0.686. The fraction of sp³-hybridized carbons (Fsp3) is 1.00. The van der Waals surface area contributed by atoms with Crippen molar-refractivity contribution in [2.45, 2.75) is 17.4 Å². The van der Waals surface area contributed by atoms with E-state index in [9.17, 15) is 4.21 Å². The number of hydrogen-bond acceptors (Lipinski definition) is 2. The quantitative estimate of drug-likeness (QED) is 0.559. The first kappa shape index (κ1) is 6.62. The lowest BCUT2D eigenvalue weighted by Gasteiger charge is -1.99. The third-order valence-electron chi connectivity index (χ3n) is 1.34. The van der Waals surface area contributed by atoms with Crippen molar-refractivity contribution in [2.24, 2.45) is 0 Å². The Balaban J connectivity index is 2.42. The minimum atomic E-state index is -0.498. The van der Waals surface area contributed by atoms with Crippen molar-refractivity contribution in [2.75, 3.05) is 12.0 Å². The molecule has 0 spiro atoms. The van der Waals surface area contributed by atoms with Crippen molar-refractivity contribution >= 4 is 22.6 Å². The highest BCUT2D eigenvalue weighted by Crippen LogP contribution is 2.23. The van der Waals surface area contributed by atoms with E-state index >= 15 is 0 Å². The molecule has 0 saturated carbocycles. The van der Waals surface area contributed by atoms with E-state index in [4.69, 9.17) is 0 Å². The van der Waals surface area contributed by atoms with E-state index in [0.717, 1.165) is 18.6 Å². The van der Waals surface area contributed by atoms with Crippen molar-refractivity contribution in [3.05, 3.63) is 0 Å². The third-order valence-corrected chi connectivity index (χ3v) is 4.84. The zero-order valence-electron chi connectivity index (χ0n) is 4.92. The van der Waals surface area contributed by atoms with Gasteiger partial charge in [0.15, 0.2) is 0 Å². The highest BCUT2D eigenvalue weighted by atomic mass is 32.2. The molecule has 1 fully saturated rings. The van der Waals surface area contributed by atoms with Crippen LogP contribution in [0.2, 0.25) is 0 Å². The fourth-order valence-corrected chi connectivity index (χ4v) is 3.57. The van der Waals surface area contributed by atoms with Gasteiger partial charge in [0, 0.05) is 16.6 Å². The van der Waals surface area contributed by atoms with Gasteiger partial charge < -0.3 is 0 Å². The Morgan fingerprint density at radius 2 is 2.50 bits per heavy atom. The van der Waals surface area contributed by atoms with Crippen LogP contribution in [0, 0.1) is 0 Å². The molecule has 3 heteroatoms. The maximum atomic E-state index is 10.9. The lowest BCUT2D eigenvalue weighted by Crippen LogP contribution is -2.01. The minimum Gasteiger partial charge on any atom is -0.258 e. The minimum absolute atomic E-state index is 0.454. The molecule has 2 unspecified atom stereocenters. The predicted octanol–water partition coefficient (Wildman–Crippen LogP) is 1.22. The molecule has 0 radical (unpaired) electrons. The van der Waals surface area contributed by atoms with Gasteiger partial charge in [-0.25, -0.2) is 0 Å². The molecular weight excluding hydrogens is 140 g/mol. The van der Waals surface area contributed by atoms with E-state index in [1.807, 2.05) is 6.26 Å². The van der Waals surface area contributed by atoms with Crippen LogP contribution in [0.1, 0.15) is 12.8 Å². The van der Waals surface area contributed by atoms with Crippen molar-refractivity contribution < 1.29 is 4.21 Å². The second-order valence-electron chi connectivity index (χ2n) is 1.89. The molecule has 0 aliphatic carbocycles. The summed E-state index contributed by atoms with van der Waals surface area (Å²) < 4.78 is 11.3. The molecule has 0 aromatic heterocycles. The van der Waals surface area contributed by atoms with Crippen LogP contribution < -0.4 is 0 Å². The topological polar surface area (TPSA) is 17.1 Å². The van der Waals surface area contributed by atoms with Crippen molar-refractivity contribution in [3.63, 3.8) is 0 Å². The summed E-state index contributed by atoms with van der Waals surface area (Å²) in [6, 6.07) is 0. The number of rotatable bonds is 1. The van der Waals surface area contributed by atoms with Gasteiger partial charge in [-0.1, -0.05) is 0 Å². The molecule has 0 N–H and O–H groups in total. The predicted molar refractivity (Wildman–Crippen MR) is 39.5 cm³/mol. The maximum absolute atomic E-state index is 10.9. The van der Waals surface area contributed by atoms with Gasteiger partial charge in [0.25, 0.3) is 0 Å². The summed E-state index contributed by atoms with van der Waals surface area (Å²) in [4.78, 5) is 0. The smallest absolute Gasteiger partial charge is 0.0798 e. The van der Waals surface area contributed by atoms with Gasteiger partial charge in [-0.3, -0.25) is 4.21 Å². The standard InChI is InChI=1S/C5H10OS2/c1-7-5-3-2-4-8(5)6/h5H,2-4H2,1H3. The summed E-state index contributed by atoms with van der Waals surface area (Å²) in [5.74, 6) is 0.936. The average Bonchev–Trinajstić information content (AvgIpc) is 2.14. The van der Waals surface area contributed by atoms with E-state index in [2.05, 4.69) is 0 Å². The Labute approximate surface area is 56.7 Å². The van der Waals surface area contributed by atoms with E-state index in [-0.39, 0.29) is 0 Å². The summed E-state index contributed by atoms with van der Waals surface area (Å²) in [6.07, 6.45) is 4.36. The molecule has 0 bridgehead atoms. The second kappa shape index (κ2) is 2.87. The largest absolute Gasteiger partial charge is 0.258 e. The van der Waals surface area contributed by atoms with Gasteiger partial charge in [-0.2, -0.15) is 0 Å². The van der Waals surface area contributed by atoms with Gasteiger partial charge in [0.2, 0.25) is 0 Å². The molecule has 0 amide bonds. The molecule has 2 atom stereocenters. The van der Waals surface area contributed by atoms with Crippen LogP contribution in [0.15, 0.2) is 0 Å². The van der Waals surface area contributed by atoms with Crippen LogP contribution in [0.4, 0.5) is 0 Å². The highest BCUT2D eigenvalue weighted by Gasteiger charge is 2.20. The Kier molecular flexibility index (Phi) is 2.38. The summed E-state index contributed by atoms with van der Waals surface area (Å²) in [5.41, 5.74) is 0. The number of hydrogen-bond donors (Lipinski definition) is 0. The summed E-state index contributed by atoms with van der Waals surface area (Å²) in [6.45, 7) is 0. The van der Waals surface area contributed by atoms with Crippen LogP contribution in [-0.4, -0.2) is 20.8 Å². The Hall–Kier alpha value is 0.500. The molecule has 1 saturated heterocycles. The summed E-state index contributed by atoms with van der Waals surface area (Å²) in [5, 5.41) is 0. The van der Waals surface area contributed by atoms with Gasteiger partial charge in [-0.15, -0.1) is 11.8 Å². The first-order valence-electron chi connectivity index (χ1n) is 2.74. The third kappa shape index (κ3) is 1.26. The lowest BCUT2D eigenvalue weighted by atomic mass is 10.4. The monoisotopic (exact) mass is 150 g/mol. The molecule has 48 valence electrons. The van der Waals surface area contributed by atoms with E-state index in [0.29, 0.717) is 4.58 Å². The zero-order valence-corrected chi connectivity index (χ0v) is 6.56. The Morgan fingerprint density at radius 1 is 1.75 bits per heavy atom. The molecule has 1 rings (SSSR count). The SMILES string of the molecule is CSC1CCCS1=O. The van der Waals surface area contributed by atoms with Crippen LogP contribution in [0.5, 0.6) is 0 Å². The van der Waals surface area contributed by atoms with Crippen LogP contribution >= 0.6 is 11.8 Å². The maximum Gasteiger partial charge on any atom is 0.0798 e. The summed E-state index contributed by atoms with van der Waals surface area (Å²) in [7, 11) is -0.498. The molecule has 8 heavy (non-hydrogen) atoms. The molecule has 0 aromatic rings. The van der Waals surface area contributed by atoms with E-state index in [1.165, 1.54) is 0 Å². The van der Waals surface area contributed by atoms with Crippen molar-refractivity contribution in [3.8, 4) is 0 Å². The van der Waals surface area contributed by atoms with Crippen molar-refractivity contribution in [1.82, 2.24) is 0 Å². The first-order valence-corrected chi connectivity index (χ1v) is 5.41. The first-order chi connectivity index (χ1) is 3.84. The summed E-state index contributed by atoms with van der Waals surface area (Å²) >= 11 is 1.74. The molecule has 1 nitrogen and oxygen atoms in total. The molecular formula is C5H10OS2. The molecule has 0 aromatic carbocycles. The van der Waals surface area contributed by atoms with Gasteiger partial charge >= 0.3 is 0 Å². The van der Waals surface area contributed by atoms with E-state index in [1.54, 1.807) is 11.8 Å². The molecule has 1 aliphatic heterocycles. The normalized spacial score (nSPS) is 38.1. The Morgan fingerprint density at radius 3 is 2.75 bits per heavy atom. The molecule has 1 aliphatic rings. The fourth-order valence-electron chi connectivity index (χ4n) is 0.880. The van der Waals surface area contributed by atoms with Crippen molar-refractivity contribution in [1.29, 1.82) is 0 Å². The van der Waals surface area contributed by atoms with Crippen LogP contribution in [0.25, 0.3) is 0 Å². The van der Waals surface area contributed by atoms with Crippen LogP contribution in [-0.2, 0) is 10.8 Å². The average molecular weight is 150 g/mol. The Bertz CT molecular complexity index is 103. The van der Waals surface area contributed by atoms with Gasteiger partial charge in [-0.05, 0) is 19.1 Å². The zero-order chi connectivity index (χ0) is 5.98. The second-order valence-corrected chi connectivity index (χ2v) is 4.97. The van der Waals surface area contributed by atoms with Crippen LogP contribution in [0.3, 0.4) is 0 Å².